The Morgan fingerprint density at radius 3 is 1.78 bits per heavy atom. The summed E-state index contributed by atoms with van der Waals surface area (Å²) in [6.07, 6.45) is 0. The second-order valence-electron chi connectivity index (χ2n) is 4.73. The van der Waals surface area contributed by atoms with Crippen LogP contribution in [0.25, 0.3) is 0 Å². The van der Waals surface area contributed by atoms with Gasteiger partial charge in [-0.1, -0.05) is 17.7 Å². The number of rotatable bonds is 3. The molecule has 0 heterocycles. The second-order valence-corrected chi connectivity index (χ2v) is 4.73. The van der Waals surface area contributed by atoms with Gasteiger partial charge in [-0.05, 0) is 56.2 Å². The van der Waals surface area contributed by atoms with Crippen LogP contribution in [0.15, 0.2) is 36.4 Å². The quantitative estimate of drug-likeness (QED) is 0.831. The van der Waals surface area contributed by atoms with E-state index in [9.17, 15) is 0 Å². The van der Waals surface area contributed by atoms with E-state index >= 15 is 0 Å². The minimum Gasteiger partial charge on any atom is -0.388 e. The average molecular weight is 240 g/mol. The van der Waals surface area contributed by atoms with Crippen LogP contribution in [0.3, 0.4) is 0 Å². The molecule has 2 rings (SSSR count). The smallest absolute Gasteiger partial charge is 0.0443 e. The normalized spacial score (nSPS) is 10.2. The maximum atomic E-state index is 3.49. The summed E-state index contributed by atoms with van der Waals surface area (Å²) in [5, 5.41) is 6.61. The maximum absolute atomic E-state index is 3.49. The molecule has 0 bridgehead atoms. The second kappa shape index (κ2) is 5.13. The predicted molar refractivity (Wildman–Crippen MR) is 79.9 cm³/mol. The minimum absolute atomic E-state index is 1.11. The number of hydrogen-bond acceptors (Lipinski definition) is 2. The topological polar surface area (TPSA) is 24.1 Å². The molecule has 0 aliphatic rings. The lowest BCUT2D eigenvalue weighted by atomic mass is 10.0. The Kier molecular flexibility index (Phi) is 3.56. The fourth-order valence-electron chi connectivity index (χ4n) is 2.24. The average Bonchev–Trinajstić information content (AvgIpc) is 2.34. The molecule has 94 valence electrons. The molecular weight excluding hydrogens is 220 g/mol. The number of aryl methyl sites for hydroxylation is 3. The van der Waals surface area contributed by atoms with E-state index in [0.717, 1.165) is 11.4 Å². The molecule has 0 aromatic heterocycles. The zero-order valence-corrected chi connectivity index (χ0v) is 11.5. The lowest BCUT2D eigenvalue weighted by molar-refractivity contribution is 1.31. The SMILES string of the molecule is CNc1ccc(Nc2c(C)cc(C)cc2C)cc1. The highest BCUT2D eigenvalue weighted by atomic mass is 14.9. The van der Waals surface area contributed by atoms with Gasteiger partial charge < -0.3 is 10.6 Å². The van der Waals surface area contributed by atoms with Crippen molar-refractivity contribution >= 4 is 17.1 Å². The molecule has 2 aromatic carbocycles. The van der Waals surface area contributed by atoms with Crippen LogP contribution in [0.2, 0.25) is 0 Å². The van der Waals surface area contributed by atoms with Gasteiger partial charge in [0.05, 0.1) is 0 Å². The van der Waals surface area contributed by atoms with Gasteiger partial charge in [0.1, 0.15) is 0 Å². The van der Waals surface area contributed by atoms with Crippen molar-refractivity contribution in [1.82, 2.24) is 0 Å². The molecule has 18 heavy (non-hydrogen) atoms. The summed E-state index contributed by atoms with van der Waals surface area (Å²) in [7, 11) is 1.93. The van der Waals surface area contributed by atoms with Gasteiger partial charge in [-0.2, -0.15) is 0 Å². The molecule has 2 aromatic rings. The third kappa shape index (κ3) is 2.65. The van der Waals surface area contributed by atoms with Gasteiger partial charge in [-0.25, -0.2) is 0 Å². The van der Waals surface area contributed by atoms with E-state index in [4.69, 9.17) is 0 Å². The summed E-state index contributed by atoms with van der Waals surface area (Å²) in [4.78, 5) is 0. The van der Waals surface area contributed by atoms with Crippen molar-refractivity contribution in [3.05, 3.63) is 53.1 Å². The molecule has 0 fully saturated rings. The maximum Gasteiger partial charge on any atom is 0.0443 e. The van der Waals surface area contributed by atoms with E-state index in [1.165, 1.54) is 22.4 Å². The summed E-state index contributed by atoms with van der Waals surface area (Å²) in [5.74, 6) is 0. The molecule has 0 saturated heterocycles. The highest BCUT2D eigenvalue weighted by molar-refractivity contribution is 5.68. The Morgan fingerprint density at radius 1 is 0.778 bits per heavy atom. The summed E-state index contributed by atoms with van der Waals surface area (Å²) in [5.41, 5.74) is 7.32. The first kappa shape index (κ1) is 12.5. The molecular formula is C16H20N2. The first-order valence-electron chi connectivity index (χ1n) is 6.23. The van der Waals surface area contributed by atoms with Crippen LogP contribution in [-0.2, 0) is 0 Å². The van der Waals surface area contributed by atoms with Gasteiger partial charge in [0.15, 0.2) is 0 Å². The Hall–Kier alpha value is -1.96. The van der Waals surface area contributed by atoms with Crippen LogP contribution in [0, 0.1) is 20.8 Å². The van der Waals surface area contributed by atoms with Crippen LogP contribution < -0.4 is 10.6 Å². The van der Waals surface area contributed by atoms with Gasteiger partial charge in [-0.3, -0.25) is 0 Å². The van der Waals surface area contributed by atoms with Crippen LogP contribution in [0.4, 0.5) is 17.1 Å². The standard InChI is InChI=1S/C16H20N2/c1-11-9-12(2)16(13(3)10-11)18-15-7-5-14(17-4)6-8-15/h5-10,17-18H,1-4H3. The Balaban J connectivity index is 2.28. The van der Waals surface area contributed by atoms with Crippen molar-refractivity contribution in [2.75, 3.05) is 17.7 Å². The monoisotopic (exact) mass is 240 g/mol. The molecule has 0 radical (unpaired) electrons. The van der Waals surface area contributed by atoms with E-state index < -0.39 is 0 Å². The van der Waals surface area contributed by atoms with E-state index in [2.05, 4.69) is 67.8 Å². The minimum atomic E-state index is 1.11. The molecule has 0 spiro atoms. The third-order valence-corrected chi connectivity index (χ3v) is 3.12. The van der Waals surface area contributed by atoms with Crippen molar-refractivity contribution in [3.63, 3.8) is 0 Å². The van der Waals surface area contributed by atoms with Crippen LogP contribution in [0.1, 0.15) is 16.7 Å². The number of anilines is 3. The summed E-state index contributed by atoms with van der Waals surface area (Å²) >= 11 is 0. The van der Waals surface area contributed by atoms with Gasteiger partial charge in [0, 0.05) is 24.1 Å². The van der Waals surface area contributed by atoms with Crippen molar-refractivity contribution in [3.8, 4) is 0 Å². The van der Waals surface area contributed by atoms with Crippen molar-refractivity contribution in [1.29, 1.82) is 0 Å². The van der Waals surface area contributed by atoms with Crippen molar-refractivity contribution in [2.45, 2.75) is 20.8 Å². The lowest BCUT2D eigenvalue weighted by Gasteiger charge is -2.14. The molecule has 0 atom stereocenters. The zero-order valence-electron chi connectivity index (χ0n) is 11.5. The van der Waals surface area contributed by atoms with Gasteiger partial charge in [0.25, 0.3) is 0 Å². The molecule has 0 aliphatic heterocycles. The summed E-state index contributed by atoms with van der Waals surface area (Å²) in [6, 6.07) is 12.7. The fraction of sp³-hybridized carbons (Fsp3) is 0.250. The predicted octanol–water partition coefficient (Wildman–Crippen LogP) is 4.40. The first-order chi connectivity index (χ1) is 8.60. The van der Waals surface area contributed by atoms with Crippen molar-refractivity contribution in [2.24, 2.45) is 0 Å². The van der Waals surface area contributed by atoms with Crippen LogP contribution in [0.5, 0.6) is 0 Å². The summed E-state index contributed by atoms with van der Waals surface area (Å²) < 4.78 is 0. The molecule has 0 unspecified atom stereocenters. The molecule has 0 saturated carbocycles. The fourth-order valence-corrected chi connectivity index (χ4v) is 2.24. The molecule has 2 N–H and O–H groups in total. The molecule has 0 aliphatic carbocycles. The van der Waals surface area contributed by atoms with E-state index in [1.54, 1.807) is 0 Å². The third-order valence-electron chi connectivity index (χ3n) is 3.12. The van der Waals surface area contributed by atoms with Gasteiger partial charge >= 0.3 is 0 Å². The van der Waals surface area contributed by atoms with E-state index in [-0.39, 0.29) is 0 Å². The van der Waals surface area contributed by atoms with E-state index in [0.29, 0.717) is 0 Å². The van der Waals surface area contributed by atoms with Crippen molar-refractivity contribution < 1.29 is 0 Å². The highest BCUT2D eigenvalue weighted by Gasteiger charge is 2.04. The van der Waals surface area contributed by atoms with Crippen LogP contribution in [-0.4, -0.2) is 7.05 Å². The number of nitrogens with one attached hydrogen (secondary N) is 2. The molecule has 0 amide bonds. The number of hydrogen-bond donors (Lipinski definition) is 2. The zero-order chi connectivity index (χ0) is 13.1. The van der Waals surface area contributed by atoms with Gasteiger partial charge in [-0.15, -0.1) is 0 Å². The largest absolute Gasteiger partial charge is 0.388 e. The number of benzene rings is 2. The first-order valence-corrected chi connectivity index (χ1v) is 6.23. The Bertz CT molecular complexity index is 519. The van der Waals surface area contributed by atoms with E-state index in [1.807, 2.05) is 7.05 Å². The molecule has 2 nitrogen and oxygen atoms in total. The highest BCUT2D eigenvalue weighted by Crippen LogP contribution is 2.26. The van der Waals surface area contributed by atoms with Gasteiger partial charge in [0.2, 0.25) is 0 Å². The Labute approximate surface area is 109 Å². The Morgan fingerprint density at radius 2 is 1.28 bits per heavy atom. The van der Waals surface area contributed by atoms with Crippen LogP contribution >= 0.6 is 0 Å². The summed E-state index contributed by atoms with van der Waals surface area (Å²) in [6.45, 7) is 6.42. The molecule has 2 heteroatoms. The lowest BCUT2D eigenvalue weighted by Crippen LogP contribution is -1.97.